The number of nitrogens with zero attached hydrogens (tertiary/aromatic N) is 3. The first kappa shape index (κ1) is 9.92. The summed E-state index contributed by atoms with van der Waals surface area (Å²) in [5.74, 6) is 0.856. The Morgan fingerprint density at radius 3 is 2.93 bits per heavy atom. The monoisotopic (exact) mass is 206 g/mol. The molecule has 5 heteroatoms. The van der Waals surface area contributed by atoms with Crippen LogP contribution in [0.3, 0.4) is 0 Å². The van der Waals surface area contributed by atoms with Crippen molar-refractivity contribution in [1.82, 2.24) is 20.3 Å². The second kappa shape index (κ2) is 4.27. The van der Waals surface area contributed by atoms with Gasteiger partial charge in [0.05, 0.1) is 17.9 Å². The van der Waals surface area contributed by atoms with E-state index in [1.165, 1.54) is 0 Å². The Hall–Kier alpha value is -1.62. The molecule has 0 amide bonds. The fourth-order valence-corrected chi connectivity index (χ4v) is 1.39. The van der Waals surface area contributed by atoms with Crippen molar-refractivity contribution in [2.24, 2.45) is 7.05 Å². The van der Waals surface area contributed by atoms with Gasteiger partial charge in [0.1, 0.15) is 0 Å². The number of nitrogens with one attached hydrogen (secondary N) is 1. The van der Waals surface area contributed by atoms with Crippen molar-refractivity contribution in [1.29, 1.82) is 0 Å². The topological polar surface area (TPSA) is 55.9 Å². The van der Waals surface area contributed by atoms with Gasteiger partial charge >= 0.3 is 0 Å². The summed E-state index contributed by atoms with van der Waals surface area (Å²) in [5, 5.41) is 11.2. The van der Waals surface area contributed by atoms with Crippen molar-refractivity contribution in [3.63, 3.8) is 0 Å². The summed E-state index contributed by atoms with van der Waals surface area (Å²) in [6, 6.07) is 3.91. The average molecular weight is 206 g/mol. The van der Waals surface area contributed by atoms with E-state index in [1.54, 1.807) is 6.20 Å². The summed E-state index contributed by atoms with van der Waals surface area (Å²) in [7, 11) is 1.93. The van der Waals surface area contributed by atoms with Gasteiger partial charge in [0.2, 0.25) is 0 Å². The first-order valence-electron chi connectivity index (χ1n) is 4.85. The summed E-state index contributed by atoms with van der Waals surface area (Å²) in [5.41, 5.74) is 2.05. The van der Waals surface area contributed by atoms with E-state index in [9.17, 15) is 0 Å². The zero-order valence-electron chi connectivity index (χ0n) is 8.90. The molecule has 5 nitrogen and oxygen atoms in total. The van der Waals surface area contributed by atoms with Gasteiger partial charge in [0.15, 0.2) is 5.76 Å². The lowest BCUT2D eigenvalue weighted by Gasteiger charge is -2.02. The van der Waals surface area contributed by atoms with Gasteiger partial charge < -0.3 is 9.84 Å². The second-order valence-corrected chi connectivity index (χ2v) is 3.48. The van der Waals surface area contributed by atoms with Crippen molar-refractivity contribution < 1.29 is 4.52 Å². The highest BCUT2D eigenvalue weighted by molar-refractivity contribution is 5.03. The second-order valence-electron chi connectivity index (χ2n) is 3.48. The zero-order valence-corrected chi connectivity index (χ0v) is 8.90. The Kier molecular flexibility index (Phi) is 2.82. The van der Waals surface area contributed by atoms with Gasteiger partial charge in [0.25, 0.3) is 0 Å². The van der Waals surface area contributed by atoms with Crippen LogP contribution in [0.2, 0.25) is 0 Å². The quantitative estimate of drug-likeness (QED) is 0.811. The molecule has 1 N–H and O–H groups in total. The van der Waals surface area contributed by atoms with Crippen LogP contribution < -0.4 is 5.32 Å². The molecule has 0 aliphatic carbocycles. The predicted octanol–water partition coefficient (Wildman–Crippen LogP) is 1.01. The molecule has 0 bridgehead atoms. The molecule has 0 aromatic carbocycles. The Morgan fingerprint density at radius 1 is 1.47 bits per heavy atom. The van der Waals surface area contributed by atoms with Crippen molar-refractivity contribution in [3.8, 4) is 0 Å². The molecule has 15 heavy (non-hydrogen) atoms. The Bertz CT molecular complexity index is 432. The molecule has 80 valence electrons. The first-order valence-corrected chi connectivity index (χ1v) is 4.85. The average Bonchev–Trinajstić information content (AvgIpc) is 2.77. The van der Waals surface area contributed by atoms with Gasteiger partial charge in [-0.3, -0.25) is 4.68 Å². The molecule has 0 saturated carbocycles. The van der Waals surface area contributed by atoms with Crippen LogP contribution in [0, 0.1) is 6.92 Å². The maximum atomic E-state index is 5.08. The molecule has 0 saturated heterocycles. The third kappa shape index (κ3) is 2.44. The Balaban J connectivity index is 1.83. The minimum Gasteiger partial charge on any atom is -0.360 e. The van der Waals surface area contributed by atoms with E-state index in [1.807, 2.05) is 30.8 Å². The van der Waals surface area contributed by atoms with E-state index in [0.29, 0.717) is 6.54 Å². The SMILES string of the molecule is Cc1cc(CNCc2ccnn2C)on1. The van der Waals surface area contributed by atoms with Gasteiger partial charge in [-0.2, -0.15) is 5.10 Å². The maximum absolute atomic E-state index is 5.08. The number of aryl methyl sites for hydroxylation is 2. The third-order valence-electron chi connectivity index (χ3n) is 2.20. The summed E-state index contributed by atoms with van der Waals surface area (Å²) in [6.45, 7) is 3.37. The normalized spacial score (nSPS) is 10.8. The van der Waals surface area contributed by atoms with Crippen molar-refractivity contribution in [3.05, 3.63) is 35.5 Å². The number of hydrogen-bond acceptors (Lipinski definition) is 4. The summed E-state index contributed by atoms with van der Waals surface area (Å²) >= 11 is 0. The van der Waals surface area contributed by atoms with Crippen LogP contribution in [0.5, 0.6) is 0 Å². The lowest BCUT2D eigenvalue weighted by molar-refractivity contribution is 0.368. The van der Waals surface area contributed by atoms with Crippen molar-refractivity contribution in [2.75, 3.05) is 0 Å². The van der Waals surface area contributed by atoms with Crippen LogP contribution in [-0.4, -0.2) is 14.9 Å². The molecule has 0 atom stereocenters. The molecule has 0 aliphatic rings. The van der Waals surface area contributed by atoms with Crippen LogP contribution in [0.15, 0.2) is 22.9 Å². The lowest BCUT2D eigenvalue weighted by atomic mass is 10.3. The predicted molar refractivity (Wildman–Crippen MR) is 55.0 cm³/mol. The molecular formula is C10H14N4O. The van der Waals surface area contributed by atoms with E-state index in [0.717, 1.165) is 23.7 Å². The number of hydrogen-bond donors (Lipinski definition) is 1. The standard InChI is InChI=1S/C10H14N4O/c1-8-5-10(15-13-8)7-11-6-9-3-4-12-14(9)2/h3-5,11H,6-7H2,1-2H3. The zero-order chi connectivity index (χ0) is 10.7. The van der Waals surface area contributed by atoms with E-state index < -0.39 is 0 Å². The van der Waals surface area contributed by atoms with E-state index >= 15 is 0 Å². The summed E-state index contributed by atoms with van der Waals surface area (Å²) in [4.78, 5) is 0. The van der Waals surface area contributed by atoms with Crippen LogP contribution in [0.1, 0.15) is 17.1 Å². The maximum Gasteiger partial charge on any atom is 0.150 e. The molecular weight excluding hydrogens is 192 g/mol. The van der Waals surface area contributed by atoms with E-state index in [4.69, 9.17) is 4.52 Å². The minimum absolute atomic E-state index is 0.687. The Labute approximate surface area is 88.1 Å². The molecule has 0 fully saturated rings. The van der Waals surface area contributed by atoms with Crippen molar-refractivity contribution in [2.45, 2.75) is 20.0 Å². The summed E-state index contributed by atoms with van der Waals surface area (Å²) in [6.07, 6.45) is 1.79. The van der Waals surface area contributed by atoms with E-state index in [-0.39, 0.29) is 0 Å². The smallest absolute Gasteiger partial charge is 0.150 e. The van der Waals surface area contributed by atoms with Gasteiger partial charge in [-0.15, -0.1) is 0 Å². The number of aromatic nitrogens is 3. The fourth-order valence-electron chi connectivity index (χ4n) is 1.39. The van der Waals surface area contributed by atoms with Crippen LogP contribution >= 0.6 is 0 Å². The van der Waals surface area contributed by atoms with Gasteiger partial charge in [-0.1, -0.05) is 5.16 Å². The van der Waals surface area contributed by atoms with Crippen LogP contribution in [-0.2, 0) is 20.1 Å². The first-order chi connectivity index (χ1) is 7.25. The van der Waals surface area contributed by atoms with Gasteiger partial charge in [-0.05, 0) is 13.0 Å². The van der Waals surface area contributed by atoms with E-state index in [2.05, 4.69) is 15.6 Å². The Morgan fingerprint density at radius 2 is 2.33 bits per heavy atom. The summed E-state index contributed by atoms with van der Waals surface area (Å²) < 4.78 is 6.92. The molecule has 0 unspecified atom stereocenters. The molecule has 0 aliphatic heterocycles. The molecule has 2 rings (SSSR count). The fraction of sp³-hybridized carbons (Fsp3) is 0.400. The largest absolute Gasteiger partial charge is 0.360 e. The number of rotatable bonds is 4. The highest BCUT2D eigenvalue weighted by Gasteiger charge is 2.01. The highest BCUT2D eigenvalue weighted by atomic mass is 16.5. The van der Waals surface area contributed by atoms with Gasteiger partial charge in [-0.25, -0.2) is 0 Å². The third-order valence-corrected chi connectivity index (χ3v) is 2.20. The molecule has 2 aromatic rings. The van der Waals surface area contributed by atoms with Crippen LogP contribution in [0.25, 0.3) is 0 Å². The highest BCUT2D eigenvalue weighted by Crippen LogP contribution is 2.02. The molecule has 0 radical (unpaired) electrons. The lowest BCUT2D eigenvalue weighted by Crippen LogP contribution is -2.14. The minimum atomic E-state index is 0.687. The molecule has 2 heterocycles. The molecule has 0 spiro atoms. The van der Waals surface area contributed by atoms with Gasteiger partial charge in [0, 0.05) is 25.9 Å². The van der Waals surface area contributed by atoms with Crippen LogP contribution in [0.4, 0.5) is 0 Å². The van der Waals surface area contributed by atoms with Crippen molar-refractivity contribution >= 4 is 0 Å². The molecule has 2 aromatic heterocycles.